The lowest BCUT2D eigenvalue weighted by molar-refractivity contribution is -0.155. The first-order valence-electron chi connectivity index (χ1n) is 7.24. The van der Waals surface area contributed by atoms with Crippen LogP contribution in [-0.2, 0) is 9.59 Å². The number of carbonyl (C=O) groups is 2. The maximum atomic E-state index is 11.2. The Morgan fingerprint density at radius 1 is 0.952 bits per heavy atom. The van der Waals surface area contributed by atoms with E-state index in [9.17, 15) is 14.7 Å². The smallest absolute Gasteiger partial charge is 0.333 e. The molecule has 2 atom stereocenters. The number of hydrogen-bond donors (Lipinski definition) is 3. The molecular formula is C16H20O5. The van der Waals surface area contributed by atoms with E-state index in [-0.39, 0.29) is 0 Å². The maximum absolute atomic E-state index is 11.2. The highest BCUT2D eigenvalue weighted by atomic mass is 16.4. The van der Waals surface area contributed by atoms with Gasteiger partial charge in [0, 0.05) is 0 Å². The SMILES string of the molecule is O=C(O)C(O)C(C(=O)O)c1ccc(C2CCCCC2)cc1. The van der Waals surface area contributed by atoms with E-state index in [2.05, 4.69) is 0 Å². The highest BCUT2D eigenvalue weighted by molar-refractivity contribution is 5.85. The van der Waals surface area contributed by atoms with Crippen molar-refractivity contribution in [2.24, 2.45) is 0 Å². The van der Waals surface area contributed by atoms with Crippen molar-refractivity contribution < 1.29 is 24.9 Å². The van der Waals surface area contributed by atoms with Gasteiger partial charge in [0.15, 0.2) is 6.10 Å². The molecule has 0 aliphatic heterocycles. The summed E-state index contributed by atoms with van der Waals surface area (Å²) in [5, 5.41) is 27.5. The predicted octanol–water partition coefficient (Wildman–Crippen LogP) is 2.35. The summed E-state index contributed by atoms with van der Waals surface area (Å²) in [6.45, 7) is 0. The van der Waals surface area contributed by atoms with Crippen LogP contribution in [0.15, 0.2) is 24.3 Å². The molecule has 5 heteroatoms. The summed E-state index contributed by atoms with van der Waals surface area (Å²) in [6.07, 6.45) is 4.02. The van der Waals surface area contributed by atoms with Crippen molar-refractivity contribution in [3.05, 3.63) is 35.4 Å². The van der Waals surface area contributed by atoms with Gasteiger partial charge in [0.05, 0.1) is 0 Å². The Morgan fingerprint density at radius 2 is 1.52 bits per heavy atom. The van der Waals surface area contributed by atoms with E-state index in [4.69, 9.17) is 10.2 Å². The molecule has 1 aliphatic rings. The lowest BCUT2D eigenvalue weighted by Crippen LogP contribution is -2.32. The molecule has 1 aromatic carbocycles. The number of aliphatic hydroxyl groups excluding tert-OH is 1. The average molecular weight is 292 g/mol. The molecule has 0 amide bonds. The third-order valence-electron chi connectivity index (χ3n) is 4.21. The van der Waals surface area contributed by atoms with Crippen molar-refractivity contribution in [1.29, 1.82) is 0 Å². The number of carboxylic acids is 2. The van der Waals surface area contributed by atoms with Crippen LogP contribution in [0.1, 0.15) is 55.1 Å². The molecule has 1 aliphatic carbocycles. The summed E-state index contributed by atoms with van der Waals surface area (Å²) in [5.74, 6) is -3.81. The number of aliphatic carboxylic acids is 2. The Morgan fingerprint density at radius 3 is 2.00 bits per heavy atom. The lowest BCUT2D eigenvalue weighted by atomic mass is 9.83. The van der Waals surface area contributed by atoms with Crippen LogP contribution in [0.4, 0.5) is 0 Å². The molecule has 0 radical (unpaired) electrons. The monoisotopic (exact) mass is 292 g/mol. The van der Waals surface area contributed by atoms with E-state index in [0.717, 1.165) is 18.4 Å². The fraction of sp³-hybridized carbons (Fsp3) is 0.500. The third kappa shape index (κ3) is 3.61. The van der Waals surface area contributed by atoms with Crippen molar-refractivity contribution in [2.75, 3.05) is 0 Å². The van der Waals surface area contributed by atoms with Crippen molar-refractivity contribution in [2.45, 2.75) is 50.0 Å². The molecular weight excluding hydrogens is 272 g/mol. The second-order valence-corrected chi connectivity index (χ2v) is 5.60. The third-order valence-corrected chi connectivity index (χ3v) is 4.21. The molecule has 2 rings (SSSR count). The van der Waals surface area contributed by atoms with Crippen LogP contribution in [0.3, 0.4) is 0 Å². The zero-order chi connectivity index (χ0) is 15.4. The Bertz CT molecular complexity index is 502. The summed E-state index contributed by atoms with van der Waals surface area (Å²) in [4.78, 5) is 22.0. The second-order valence-electron chi connectivity index (χ2n) is 5.60. The minimum atomic E-state index is -1.94. The number of carboxylic acid groups (broad SMARTS) is 2. The van der Waals surface area contributed by atoms with E-state index in [1.807, 2.05) is 12.1 Å². The average Bonchev–Trinajstić information content (AvgIpc) is 2.48. The predicted molar refractivity (Wildman–Crippen MR) is 76.3 cm³/mol. The zero-order valence-corrected chi connectivity index (χ0v) is 11.7. The number of rotatable bonds is 5. The molecule has 0 bridgehead atoms. The van der Waals surface area contributed by atoms with Gasteiger partial charge >= 0.3 is 11.9 Å². The first-order chi connectivity index (χ1) is 10.0. The first-order valence-corrected chi connectivity index (χ1v) is 7.24. The summed E-state index contributed by atoms with van der Waals surface area (Å²) < 4.78 is 0. The van der Waals surface area contributed by atoms with Crippen molar-refractivity contribution in [1.82, 2.24) is 0 Å². The number of benzene rings is 1. The summed E-state index contributed by atoms with van der Waals surface area (Å²) in [7, 11) is 0. The van der Waals surface area contributed by atoms with Gasteiger partial charge in [0.25, 0.3) is 0 Å². The van der Waals surface area contributed by atoms with E-state index in [1.54, 1.807) is 12.1 Å². The molecule has 0 aromatic heterocycles. The van der Waals surface area contributed by atoms with Crippen LogP contribution in [0.2, 0.25) is 0 Å². The molecule has 114 valence electrons. The van der Waals surface area contributed by atoms with Crippen LogP contribution in [0, 0.1) is 0 Å². The Labute approximate surface area is 123 Å². The number of hydrogen-bond acceptors (Lipinski definition) is 3. The van der Waals surface area contributed by atoms with Crippen molar-refractivity contribution in [3.8, 4) is 0 Å². The van der Waals surface area contributed by atoms with E-state index in [0.29, 0.717) is 11.5 Å². The van der Waals surface area contributed by atoms with Crippen LogP contribution in [0.5, 0.6) is 0 Å². The minimum absolute atomic E-state index is 0.317. The highest BCUT2D eigenvalue weighted by Crippen LogP contribution is 2.33. The fourth-order valence-corrected chi connectivity index (χ4v) is 3.01. The van der Waals surface area contributed by atoms with E-state index in [1.165, 1.54) is 19.3 Å². The minimum Gasteiger partial charge on any atom is -0.481 e. The molecule has 5 nitrogen and oxygen atoms in total. The Kier molecular flexibility index (Phi) is 4.96. The molecule has 0 heterocycles. The van der Waals surface area contributed by atoms with Crippen LogP contribution < -0.4 is 0 Å². The van der Waals surface area contributed by atoms with Gasteiger partial charge in [-0.05, 0) is 29.9 Å². The maximum Gasteiger partial charge on any atom is 0.333 e. The van der Waals surface area contributed by atoms with Crippen molar-refractivity contribution >= 4 is 11.9 Å². The standard InChI is InChI=1S/C16H20O5/c17-14(16(20)21)13(15(18)19)12-8-6-11(7-9-12)10-4-2-1-3-5-10/h6-10,13-14,17H,1-5H2,(H,18,19)(H,20,21). The Hall–Kier alpha value is -1.88. The van der Waals surface area contributed by atoms with Gasteiger partial charge < -0.3 is 15.3 Å². The van der Waals surface area contributed by atoms with Gasteiger partial charge in [0.2, 0.25) is 0 Å². The topological polar surface area (TPSA) is 94.8 Å². The van der Waals surface area contributed by atoms with Gasteiger partial charge in [-0.1, -0.05) is 43.5 Å². The van der Waals surface area contributed by atoms with Crippen molar-refractivity contribution in [3.63, 3.8) is 0 Å². The molecule has 0 spiro atoms. The molecule has 1 fully saturated rings. The van der Waals surface area contributed by atoms with Gasteiger partial charge in [-0.2, -0.15) is 0 Å². The number of aliphatic hydroxyl groups is 1. The van der Waals surface area contributed by atoms with Gasteiger partial charge in [-0.15, -0.1) is 0 Å². The largest absolute Gasteiger partial charge is 0.481 e. The molecule has 1 saturated carbocycles. The van der Waals surface area contributed by atoms with E-state index >= 15 is 0 Å². The fourth-order valence-electron chi connectivity index (χ4n) is 3.01. The quantitative estimate of drug-likeness (QED) is 0.774. The second kappa shape index (κ2) is 6.72. The van der Waals surface area contributed by atoms with Crippen LogP contribution in [-0.4, -0.2) is 33.4 Å². The summed E-state index contributed by atoms with van der Waals surface area (Å²) in [5.41, 5.74) is 1.48. The molecule has 1 aromatic rings. The van der Waals surface area contributed by atoms with Crippen LogP contribution in [0.25, 0.3) is 0 Å². The first kappa shape index (κ1) is 15.5. The zero-order valence-electron chi connectivity index (χ0n) is 11.7. The normalized spacial score (nSPS) is 18.9. The lowest BCUT2D eigenvalue weighted by Gasteiger charge is -2.23. The van der Waals surface area contributed by atoms with Gasteiger partial charge in [-0.25, -0.2) is 4.79 Å². The molecule has 0 saturated heterocycles. The van der Waals surface area contributed by atoms with Crippen LogP contribution >= 0.6 is 0 Å². The van der Waals surface area contributed by atoms with E-state index < -0.39 is 24.0 Å². The molecule has 2 unspecified atom stereocenters. The molecule has 3 N–H and O–H groups in total. The van der Waals surface area contributed by atoms with Gasteiger partial charge in [-0.3, -0.25) is 4.79 Å². The highest BCUT2D eigenvalue weighted by Gasteiger charge is 2.33. The summed E-state index contributed by atoms with van der Waals surface area (Å²) in [6, 6.07) is 6.95. The Balaban J connectivity index is 2.19. The summed E-state index contributed by atoms with van der Waals surface area (Å²) >= 11 is 0. The molecule has 21 heavy (non-hydrogen) atoms. The van der Waals surface area contributed by atoms with Gasteiger partial charge in [0.1, 0.15) is 5.92 Å².